The first-order chi connectivity index (χ1) is 8.08. The van der Waals surface area contributed by atoms with Gasteiger partial charge in [-0.25, -0.2) is 8.78 Å². The van der Waals surface area contributed by atoms with Gasteiger partial charge in [0, 0.05) is 18.3 Å². The van der Waals surface area contributed by atoms with Crippen molar-refractivity contribution in [3.63, 3.8) is 0 Å². The Balaban J connectivity index is 2.05. The zero-order valence-corrected chi connectivity index (χ0v) is 9.47. The number of nitrogens with one attached hydrogen (secondary N) is 2. The minimum absolute atomic E-state index is 0.122. The average Bonchev–Trinajstić information content (AvgIpc) is 2.70. The second-order valence-electron chi connectivity index (χ2n) is 4.36. The third kappa shape index (κ3) is 2.61. The van der Waals surface area contributed by atoms with Gasteiger partial charge in [-0.15, -0.1) is 0 Å². The largest absolute Gasteiger partial charge is 0.326 e. The first kappa shape index (κ1) is 12.0. The van der Waals surface area contributed by atoms with Crippen LogP contribution in [0.2, 0.25) is 0 Å². The number of hydrogen-bond acceptors (Lipinski definition) is 2. The van der Waals surface area contributed by atoms with Crippen molar-refractivity contribution in [3.8, 4) is 0 Å². The van der Waals surface area contributed by atoms with Crippen molar-refractivity contribution in [3.05, 3.63) is 29.8 Å². The number of benzene rings is 1. The topological polar surface area (TPSA) is 41.1 Å². The number of rotatable bonds is 2. The van der Waals surface area contributed by atoms with Crippen LogP contribution >= 0.6 is 0 Å². The third-order valence-corrected chi connectivity index (χ3v) is 3.04. The highest BCUT2D eigenvalue weighted by molar-refractivity contribution is 5.93. The van der Waals surface area contributed by atoms with E-state index in [0.29, 0.717) is 6.54 Å². The van der Waals surface area contributed by atoms with E-state index in [0.717, 1.165) is 18.7 Å². The summed E-state index contributed by atoms with van der Waals surface area (Å²) in [5.74, 6) is -1.91. The highest BCUT2D eigenvalue weighted by atomic mass is 19.2. The van der Waals surface area contributed by atoms with Crippen molar-refractivity contribution in [2.24, 2.45) is 11.8 Å². The van der Waals surface area contributed by atoms with Crippen molar-refractivity contribution in [1.29, 1.82) is 0 Å². The van der Waals surface area contributed by atoms with Crippen molar-refractivity contribution >= 4 is 11.6 Å². The number of amides is 1. The minimum atomic E-state index is -0.958. The van der Waals surface area contributed by atoms with Crippen LogP contribution in [0.3, 0.4) is 0 Å². The molecule has 5 heteroatoms. The maximum Gasteiger partial charge on any atom is 0.229 e. The zero-order chi connectivity index (χ0) is 12.4. The van der Waals surface area contributed by atoms with Gasteiger partial charge in [0.15, 0.2) is 11.6 Å². The van der Waals surface area contributed by atoms with Gasteiger partial charge in [-0.2, -0.15) is 0 Å². The molecule has 2 N–H and O–H groups in total. The van der Waals surface area contributed by atoms with Crippen LogP contribution in [0.1, 0.15) is 6.92 Å². The Bertz CT molecular complexity index is 437. The molecule has 1 amide bonds. The van der Waals surface area contributed by atoms with Gasteiger partial charge in [0.05, 0.1) is 5.92 Å². The SMILES string of the molecule is C[C@@H]1CNC[C@H]1C(=O)Nc1ccc(F)c(F)c1. The number of anilines is 1. The molecule has 3 nitrogen and oxygen atoms in total. The second kappa shape index (κ2) is 4.79. The molecule has 1 heterocycles. The first-order valence-electron chi connectivity index (χ1n) is 5.54. The van der Waals surface area contributed by atoms with Gasteiger partial charge >= 0.3 is 0 Å². The monoisotopic (exact) mass is 240 g/mol. The van der Waals surface area contributed by atoms with E-state index in [4.69, 9.17) is 0 Å². The molecular weight excluding hydrogens is 226 g/mol. The molecule has 2 atom stereocenters. The molecule has 1 aromatic rings. The van der Waals surface area contributed by atoms with Crippen molar-refractivity contribution in [2.75, 3.05) is 18.4 Å². The first-order valence-corrected chi connectivity index (χ1v) is 5.54. The number of halogens is 2. The van der Waals surface area contributed by atoms with Gasteiger partial charge in [-0.1, -0.05) is 6.92 Å². The lowest BCUT2D eigenvalue weighted by Gasteiger charge is -2.14. The van der Waals surface area contributed by atoms with E-state index in [1.54, 1.807) is 0 Å². The molecule has 0 unspecified atom stereocenters. The minimum Gasteiger partial charge on any atom is -0.326 e. The van der Waals surface area contributed by atoms with Crippen molar-refractivity contribution < 1.29 is 13.6 Å². The number of carbonyl (C=O) groups is 1. The van der Waals surface area contributed by atoms with Crippen LogP contribution in [0.25, 0.3) is 0 Å². The zero-order valence-electron chi connectivity index (χ0n) is 9.47. The second-order valence-corrected chi connectivity index (χ2v) is 4.36. The Morgan fingerprint density at radius 2 is 2.12 bits per heavy atom. The normalized spacial score (nSPS) is 23.7. The molecule has 92 valence electrons. The predicted molar refractivity (Wildman–Crippen MR) is 60.5 cm³/mol. The van der Waals surface area contributed by atoms with Crippen LogP contribution in [-0.2, 0) is 4.79 Å². The summed E-state index contributed by atoms with van der Waals surface area (Å²) in [6, 6.07) is 3.34. The standard InChI is InChI=1S/C12H14F2N2O/c1-7-5-15-6-9(7)12(17)16-8-2-3-10(13)11(14)4-8/h2-4,7,9,15H,5-6H2,1H3,(H,16,17)/t7-,9-/m1/s1. The summed E-state index contributed by atoms with van der Waals surface area (Å²) in [6.07, 6.45) is 0. The molecule has 1 aliphatic heterocycles. The summed E-state index contributed by atoms with van der Waals surface area (Å²) < 4.78 is 25.6. The van der Waals surface area contributed by atoms with Crippen LogP contribution in [0.5, 0.6) is 0 Å². The van der Waals surface area contributed by atoms with Crippen LogP contribution in [-0.4, -0.2) is 19.0 Å². The molecule has 17 heavy (non-hydrogen) atoms. The lowest BCUT2D eigenvalue weighted by molar-refractivity contribution is -0.120. The molecule has 1 aromatic carbocycles. The Kier molecular flexibility index (Phi) is 3.38. The molecule has 2 rings (SSSR count). The van der Waals surface area contributed by atoms with Gasteiger partial charge in [0.2, 0.25) is 5.91 Å². The summed E-state index contributed by atoms with van der Waals surface area (Å²) >= 11 is 0. The van der Waals surface area contributed by atoms with E-state index in [-0.39, 0.29) is 23.4 Å². The quantitative estimate of drug-likeness (QED) is 0.827. The summed E-state index contributed by atoms with van der Waals surface area (Å²) in [5.41, 5.74) is 0.285. The van der Waals surface area contributed by atoms with Crippen molar-refractivity contribution in [1.82, 2.24) is 5.32 Å². The molecule has 0 saturated carbocycles. The third-order valence-electron chi connectivity index (χ3n) is 3.04. The Hall–Kier alpha value is -1.49. The molecule has 1 fully saturated rings. The molecule has 0 aliphatic carbocycles. The number of carbonyl (C=O) groups excluding carboxylic acids is 1. The molecule has 1 aliphatic rings. The lowest BCUT2D eigenvalue weighted by Crippen LogP contribution is -2.27. The van der Waals surface area contributed by atoms with E-state index in [2.05, 4.69) is 10.6 Å². The molecule has 0 radical (unpaired) electrons. The van der Waals surface area contributed by atoms with E-state index < -0.39 is 11.6 Å². The van der Waals surface area contributed by atoms with Gasteiger partial charge < -0.3 is 10.6 Å². The molecule has 0 aromatic heterocycles. The molecule has 0 bridgehead atoms. The van der Waals surface area contributed by atoms with Gasteiger partial charge in [0.25, 0.3) is 0 Å². The fraction of sp³-hybridized carbons (Fsp3) is 0.417. The lowest BCUT2D eigenvalue weighted by atomic mass is 9.97. The van der Waals surface area contributed by atoms with Crippen LogP contribution in [0, 0.1) is 23.5 Å². The Morgan fingerprint density at radius 3 is 2.71 bits per heavy atom. The van der Waals surface area contributed by atoms with Gasteiger partial charge in [-0.3, -0.25) is 4.79 Å². The molecule has 0 spiro atoms. The fourth-order valence-corrected chi connectivity index (χ4v) is 1.97. The molecule has 1 saturated heterocycles. The van der Waals surface area contributed by atoms with E-state index in [9.17, 15) is 13.6 Å². The van der Waals surface area contributed by atoms with Crippen molar-refractivity contribution in [2.45, 2.75) is 6.92 Å². The van der Waals surface area contributed by atoms with E-state index in [1.807, 2.05) is 6.92 Å². The van der Waals surface area contributed by atoms with Gasteiger partial charge in [-0.05, 0) is 24.6 Å². The van der Waals surface area contributed by atoms with Crippen LogP contribution < -0.4 is 10.6 Å². The highest BCUT2D eigenvalue weighted by Crippen LogP contribution is 2.19. The average molecular weight is 240 g/mol. The fourth-order valence-electron chi connectivity index (χ4n) is 1.97. The smallest absolute Gasteiger partial charge is 0.229 e. The summed E-state index contributed by atoms with van der Waals surface area (Å²) in [5, 5.41) is 5.71. The molecular formula is C12H14F2N2O. The summed E-state index contributed by atoms with van der Waals surface area (Å²) in [6.45, 7) is 3.40. The Labute approximate surface area is 98.2 Å². The van der Waals surface area contributed by atoms with E-state index in [1.165, 1.54) is 6.07 Å². The van der Waals surface area contributed by atoms with Crippen LogP contribution in [0.4, 0.5) is 14.5 Å². The maximum absolute atomic E-state index is 12.9. The predicted octanol–water partition coefficient (Wildman–Crippen LogP) is 1.76. The maximum atomic E-state index is 12.9. The summed E-state index contributed by atoms with van der Waals surface area (Å²) in [7, 11) is 0. The summed E-state index contributed by atoms with van der Waals surface area (Å²) in [4.78, 5) is 11.9. The number of hydrogen-bond donors (Lipinski definition) is 2. The Morgan fingerprint density at radius 1 is 1.35 bits per heavy atom. The van der Waals surface area contributed by atoms with E-state index >= 15 is 0 Å². The van der Waals surface area contributed by atoms with Gasteiger partial charge in [0.1, 0.15) is 0 Å². The van der Waals surface area contributed by atoms with Crippen LogP contribution in [0.15, 0.2) is 18.2 Å². The highest BCUT2D eigenvalue weighted by Gasteiger charge is 2.29.